The molecular formula is C10H8BrClOS. The summed E-state index contributed by atoms with van der Waals surface area (Å²) in [5, 5.41) is 13.7. The highest BCUT2D eigenvalue weighted by molar-refractivity contribution is 9.08. The van der Waals surface area contributed by atoms with Crippen LogP contribution in [0.15, 0.2) is 17.5 Å². The van der Waals surface area contributed by atoms with Gasteiger partial charge in [0.25, 0.3) is 0 Å². The first-order valence-corrected chi connectivity index (χ1v) is 6.49. The molecule has 0 aliphatic heterocycles. The van der Waals surface area contributed by atoms with Crippen molar-refractivity contribution < 1.29 is 5.11 Å². The minimum atomic E-state index is 0.0389. The molecule has 0 saturated heterocycles. The third kappa shape index (κ3) is 1.70. The summed E-state index contributed by atoms with van der Waals surface area (Å²) in [6.07, 6.45) is 0. The van der Waals surface area contributed by atoms with E-state index in [1.54, 1.807) is 11.3 Å². The molecule has 0 fully saturated rings. The number of thiophene rings is 1. The molecule has 0 radical (unpaired) electrons. The van der Waals surface area contributed by atoms with E-state index in [1.807, 2.05) is 12.1 Å². The number of aliphatic hydroxyl groups is 1. The lowest BCUT2D eigenvalue weighted by Crippen LogP contribution is -1.83. The maximum absolute atomic E-state index is 9.02. The Morgan fingerprint density at radius 3 is 2.86 bits per heavy atom. The van der Waals surface area contributed by atoms with Crippen LogP contribution in [0, 0.1) is 0 Å². The third-order valence-electron chi connectivity index (χ3n) is 2.09. The van der Waals surface area contributed by atoms with Crippen molar-refractivity contribution in [3.63, 3.8) is 0 Å². The van der Waals surface area contributed by atoms with Crippen LogP contribution in [0.25, 0.3) is 10.1 Å². The standard InChI is InChI=1S/C10H8BrClOS/c11-3-7-5-14-9-2-6(4-13)1-8(12)10(7)9/h1-2,5,13H,3-4H2. The fraction of sp³-hybridized carbons (Fsp3) is 0.200. The van der Waals surface area contributed by atoms with Crippen molar-refractivity contribution in [2.45, 2.75) is 11.9 Å². The topological polar surface area (TPSA) is 20.2 Å². The molecule has 0 aliphatic carbocycles. The van der Waals surface area contributed by atoms with E-state index in [2.05, 4.69) is 21.3 Å². The molecule has 1 aromatic heterocycles. The monoisotopic (exact) mass is 290 g/mol. The number of fused-ring (bicyclic) bond motifs is 1. The predicted molar refractivity (Wildman–Crippen MR) is 65.4 cm³/mol. The Balaban J connectivity index is 2.72. The minimum absolute atomic E-state index is 0.0389. The molecule has 0 saturated carbocycles. The van der Waals surface area contributed by atoms with Crippen molar-refractivity contribution in [2.24, 2.45) is 0 Å². The van der Waals surface area contributed by atoms with E-state index in [-0.39, 0.29) is 6.61 Å². The van der Waals surface area contributed by atoms with E-state index in [0.717, 1.165) is 26.0 Å². The van der Waals surface area contributed by atoms with Crippen molar-refractivity contribution in [1.82, 2.24) is 0 Å². The van der Waals surface area contributed by atoms with Crippen LogP contribution in [0.2, 0.25) is 5.02 Å². The van der Waals surface area contributed by atoms with Gasteiger partial charge in [-0.05, 0) is 28.6 Å². The third-order valence-corrected chi connectivity index (χ3v) is 3.97. The molecule has 0 spiro atoms. The van der Waals surface area contributed by atoms with Crippen molar-refractivity contribution in [2.75, 3.05) is 0 Å². The summed E-state index contributed by atoms with van der Waals surface area (Å²) in [6, 6.07) is 3.81. The minimum Gasteiger partial charge on any atom is -0.392 e. The van der Waals surface area contributed by atoms with Crippen molar-refractivity contribution >= 4 is 49.0 Å². The van der Waals surface area contributed by atoms with Gasteiger partial charge in [-0.3, -0.25) is 0 Å². The van der Waals surface area contributed by atoms with Crippen LogP contribution in [0.5, 0.6) is 0 Å². The summed E-state index contributed by atoms with van der Waals surface area (Å²) >= 11 is 11.2. The number of aliphatic hydroxyl groups excluding tert-OH is 1. The molecule has 0 unspecified atom stereocenters. The number of alkyl halides is 1. The van der Waals surface area contributed by atoms with E-state index in [0.29, 0.717) is 0 Å². The highest BCUT2D eigenvalue weighted by Gasteiger charge is 2.08. The van der Waals surface area contributed by atoms with E-state index >= 15 is 0 Å². The molecule has 1 N–H and O–H groups in total. The van der Waals surface area contributed by atoms with E-state index in [1.165, 1.54) is 5.56 Å². The average Bonchev–Trinajstić information content (AvgIpc) is 2.61. The van der Waals surface area contributed by atoms with Gasteiger partial charge in [-0.1, -0.05) is 27.5 Å². The van der Waals surface area contributed by atoms with Crippen LogP contribution in [0.1, 0.15) is 11.1 Å². The highest BCUT2D eigenvalue weighted by atomic mass is 79.9. The van der Waals surface area contributed by atoms with Crippen molar-refractivity contribution in [3.8, 4) is 0 Å². The van der Waals surface area contributed by atoms with Crippen molar-refractivity contribution in [3.05, 3.63) is 33.7 Å². The zero-order valence-electron chi connectivity index (χ0n) is 7.26. The average molecular weight is 292 g/mol. The Labute approximate surface area is 99.4 Å². The zero-order chi connectivity index (χ0) is 10.1. The Morgan fingerprint density at radius 1 is 1.43 bits per heavy atom. The van der Waals surface area contributed by atoms with E-state index in [4.69, 9.17) is 16.7 Å². The molecule has 2 aromatic rings. The largest absolute Gasteiger partial charge is 0.392 e. The van der Waals surface area contributed by atoms with Gasteiger partial charge in [0.2, 0.25) is 0 Å². The molecule has 1 aromatic carbocycles. The summed E-state index contributed by atoms with van der Waals surface area (Å²) in [7, 11) is 0. The quantitative estimate of drug-likeness (QED) is 0.831. The summed E-state index contributed by atoms with van der Waals surface area (Å²) in [5.41, 5.74) is 2.07. The molecule has 0 aliphatic rings. The summed E-state index contributed by atoms with van der Waals surface area (Å²) < 4.78 is 1.14. The van der Waals surface area contributed by atoms with Gasteiger partial charge in [0.05, 0.1) is 6.61 Å². The molecule has 0 bridgehead atoms. The molecule has 2 rings (SSSR count). The lowest BCUT2D eigenvalue weighted by Gasteiger charge is -2.01. The first-order chi connectivity index (χ1) is 6.76. The van der Waals surface area contributed by atoms with Gasteiger partial charge in [0, 0.05) is 20.4 Å². The summed E-state index contributed by atoms with van der Waals surface area (Å²) in [6.45, 7) is 0.0389. The number of halogens is 2. The van der Waals surface area contributed by atoms with Crippen LogP contribution in [0.3, 0.4) is 0 Å². The maximum atomic E-state index is 9.02. The summed E-state index contributed by atoms with van der Waals surface area (Å²) in [5.74, 6) is 0. The normalized spacial score (nSPS) is 11.1. The first-order valence-electron chi connectivity index (χ1n) is 4.11. The second-order valence-corrected chi connectivity index (χ2v) is 4.88. The van der Waals surface area contributed by atoms with Gasteiger partial charge < -0.3 is 5.11 Å². The van der Waals surface area contributed by atoms with Crippen LogP contribution in [0.4, 0.5) is 0 Å². The molecule has 1 nitrogen and oxygen atoms in total. The fourth-order valence-electron chi connectivity index (χ4n) is 1.42. The number of hydrogen-bond acceptors (Lipinski definition) is 2. The van der Waals surface area contributed by atoms with Gasteiger partial charge in [0.15, 0.2) is 0 Å². The molecule has 1 heterocycles. The molecule has 74 valence electrons. The van der Waals surface area contributed by atoms with Crippen LogP contribution in [-0.2, 0) is 11.9 Å². The molecule has 0 amide bonds. The molecule has 0 atom stereocenters. The van der Waals surface area contributed by atoms with Crippen LogP contribution >= 0.6 is 38.9 Å². The Morgan fingerprint density at radius 2 is 2.21 bits per heavy atom. The second kappa shape index (κ2) is 4.19. The smallest absolute Gasteiger partial charge is 0.0682 e. The van der Waals surface area contributed by atoms with E-state index < -0.39 is 0 Å². The SMILES string of the molecule is OCc1cc(Cl)c2c(CBr)csc2c1. The van der Waals surface area contributed by atoms with Crippen LogP contribution < -0.4 is 0 Å². The Kier molecular flexibility index (Phi) is 3.12. The Hall–Kier alpha value is -0.0900. The maximum Gasteiger partial charge on any atom is 0.0682 e. The lowest BCUT2D eigenvalue weighted by molar-refractivity contribution is 0.282. The number of hydrogen-bond donors (Lipinski definition) is 1. The predicted octanol–water partition coefficient (Wildman–Crippen LogP) is 3.94. The lowest BCUT2D eigenvalue weighted by atomic mass is 10.1. The molecule has 4 heteroatoms. The number of benzene rings is 1. The van der Waals surface area contributed by atoms with Crippen molar-refractivity contribution in [1.29, 1.82) is 0 Å². The molecular weight excluding hydrogens is 284 g/mol. The Bertz CT molecular complexity index is 466. The van der Waals surface area contributed by atoms with Gasteiger partial charge in [-0.2, -0.15) is 0 Å². The first kappa shape index (κ1) is 10.4. The highest BCUT2D eigenvalue weighted by Crippen LogP contribution is 2.34. The summed E-state index contributed by atoms with van der Waals surface area (Å²) in [4.78, 5) is 0. The fourth-order valence-corrected chi connectivity index (χ4v) is 3.55. The van der Waals surface area contributed by atoms with Gasteiger partial charge in [-0.15, -0.1) is 11.3 Å². The van der Waals surface area contributed by atoms with Gasteiger partial charge in [-0.25, -0.2) is 0 Å². The second-order valence-electron chi connectivity index (χ2n) is 3.00. The van der Waals surface area contributed by atoms with Gasteiger partial charge in [0.1, 0.15) is 0 Å². The van der Waals surface area contributed by atoms with Gasteiger partial charge >= 0.3 is 0 Å². The molecule has 14 heavy (non-hydrogen) atoms. The van der Waals surface area contributed by atoms with E-state index in [9.17, 15) is 0 Å². The number of rotatable bonds is 2. The van der Waals surface area contributed by atoms with Crippen LogP contribution in [-0.4, -0.2) is 5.11 Å². The zero-order valence-corrected chi connectivity index (χ0v) is 10.4.